The lowest BCUT2D eigenvalue weighted by atomic mass is 10.2. The molecule has 0 unspecified atom stereocenters. The fourth-order valence-corrected chi connectivity index (χ4v) is 2.74. The second-order valence-corrected chi connectivity index (χ2v) is 4.77. The number of H-pyrrole nitrogens is 1. The number of fused-ring (bicyclic) bond motifs is 1. The minimum Gasteiger partial charge on any atom is -0.338 e. The lowest BCUT2D eigenvalue weighted by molar-refractivity contribution is 1.32. The quantitative estimate of drug-likeness (QED) is 0.672. The molecule has 0 saturated heterocycles. The standard InChI is InChI=1S/C13H12N2S/c1-8-4-3-5-11-12(8)15-13(14-11)10-7-16-6-9(10)2/h3-7H,1-2H3,(H,14,15). The van der Waals surface area contributed by atoms with Gasteiger partial charge in [0, 0.05) is 10.9 Å². The summed E-state index contributed by atoms with van der Waals surface area (Å²) in [5.41, 5.74) is 5.89. The van der Waals surface area contributed by atoms with Gasteiger partial charge >= 0.3 is 0 Å². The molecule has 2 aromatic heterocycles. The predicted molar refractivity (Wildman–Crippen MR) is 68.9 cm³/mol. The molecule has 0 fully saturated rings. The van der Waals surface area contributed by atoms with Crippen molar-refractivity contribution < 1.29 is 0 Å². The molecular weight excluding hydrogens is 216 g/mol. The summed E-state index contributed by atoms with van der Waals surface area (Å²) in [5.74, 6) is 0.975. The molecule has 3 heteroatoms. The van der Waals surface area contributed by atoms with E-state index in [1.54, 1.807) is 11.3 Å². The first-order chi connectivity index (χ1) is 7.75. The first kappa shape index (κ1) is 9.60. The van der Waals surface area contributed by atoms with Gasteiger partial charge < -0.3 is 4.98 Å². The number of nitrogens with zero attached hydrogens (tertiary/aromatic N) is 1. The SMILES string of the molecule is Cc1cscc1-c1nc2c(C)cccc2[nH]1. The molecule has 16 heavy (non-hydrogen) atoms. The van der Waals surface area contributed by atoms with E-state index in [1.807, 2.05) is 0 Å². The van der Waals surface area contributed by atoms with E-state index in [0.29, 0.717) is 0 Å². The number of imidazole rings is 1. The first-order valence-corrected chi connectivity index (χ1v) is 6.18. The number of nitrogens with one attached hydrogen (secondary N) is 1. The Labute approximate surface area is 98.0 Å². The molecule has 1 aromatic carbocycles. The van der Waals surface area contributed by atoms with E-state index in [4.69, 9.17) is 0 Å². The number of para-hydroxylation sites is 1. The molecule has 0 aliphatic rings. The van der Waals surface area contributed by atoms with Crippen LogP contribution in [0.15, 0.2) is 29.0 Å². The van der Waals surface area contributed by atoms with Gasteiger partial charge in [0.2, 0.25) is 0 Å². The zero-order chi connectivity index (χ0) is 11.1. The Morgan fingerprint density at radius 2 is 2.00 bits per heavy atom. The number of hydrogen-bond donors (Lipinski definition) is 1. The van der Waals surface area contributed by atoms with Gasteiger partial charge in [-0.1, -0.05) is 12.1 Å². The van der Waals surface area contributed by atoms with Gasteiger partial charge in [-0.05, 0) is 36.4 Å². The molecular formula is C13H12N2S. The summed E-state index contributed by atoms with van der Waals surface area (Å²) in [6.07, 6.45) is 0. The minimum absolute atomic E-state index is 0.975. The maximum atomic E-state index is 4.67. The molecule has 3 aromatic rings. The summed E-state index contributed by atoms with van der Waals surface area (Å²) < 4.78 is 0. The highest BCUT2D eigenvalue weighted by molar-refractivity contribution is 7.08. The van der Waals surface area contributed by atoms with E-state index in [-0.39, 0.29) is 0 Å². The summed E-state index contributed by atoms with van der Waals surface area (Å²) in [7, 11) is 0. The molecule has 1 N–H and O–H groups in total. The van der Waals surface area contributed by atoms with Crippen molar-refractivity contribution in [2.75, 3.05) is 0 Å². The Morgan fingerprint density at radius 1 is 1.12 bits per heavy atom. The van der Waals surface area contributed by atoms with Gasteiger partial charge in [-0.25, -0.2) is 4.98 Å². The number of aryl methyl sites for hydroxylation is 2. The van der Waals surface area contributed by atoms with Crippen LogP contribution >= 0.6 is 11.3 Å². The van der Waals surface area contributed by atoms with E-state index in [9.17, 15) is 0 Å². The second-order valence-electron chi connectivity index (χ2n) is 4.02. The smallest absolute Gasteiger partial charge is 0.139 e. The van der Waals surface area contributed by atoms with Gasteiger partial charge in [-0.15, -0.1) is 0 Å². The van der Waals surface area contributed by atoms with Crippen molar-refractivity contribution in [1.29, 1.82) is 0 Å². The number of aromatic nitrogens is 2. The molecule has 2 heterocycles. The fraction of sp³-hybridized carbons (Fsp3) is 0.154. The molecule has 2 nitrogen and oxygen atoms in total. The molecule has 0 atom stereocenters. The van der Waals surface area contributed by atoms with Crippen LogP contribution in [-0.4, -0.2) is 9.97 Å². The Bertz CT molecular complexity index is 649. The lowest BCUT2D eigenvalue weighted by Gasteiger charge is -1.92. The summed E-state index contributed by atoms with van der Waals surface area (Å²) in [6, 6.07) is 6.22. The van der Waals surface area contributed by atoms with Gasteiger partial charge in [0.25, 0.3) is 0 Å². The highest BCUT2D eigenvalue weighted by atomic mass is 32.1. The van der Waals surface area contributed by atoms with Crippen LogP contribution in [0.3, 0.4) is 0 Å². The Hall–Kier alpha value is -1.61. The summed E-state index contributed by atoms with van der Waals surface area (Å²) in [4.78, 5) is 8.04. The third-order valence-corrected chi connectivity index (χ3v) is 3.69. The summed E-state index contributed by atoms with van der Waals surface area (Å²) in [6.45, 7) is 4.21. The maximum Gasteiger partial charge on any atom is 0.139 e. The van der Waals surface area contributed by atoms with Crippen LogP contribution in [0.2, 0.25) is 0 Å². The van der Waals surface area contributed by atoms with E-state index in [0.717, 1.165) is 16.9 Å². The normalized spacial score (nSPS) is 11.1. The highest BCUT2D eigenvalue weighted by Gasteiger charge is 2.09. The zero-order valence-corrected chi connectivity index (χ0v) is 10.1. The number of rotatable bonds is 1. The van der Waals surface area contributed by atoms with Crippen molar-refractivity contribution in [2.45, 2.75) is 13.8 Å². The number of hydrogen-bond acceptors (Lipinski definition) is 2. The lowest BCUT2D eigenvalue weighted by Crippen LogP contribution is -1.79. The highest BCUT2D eigenvalue weighted by Crippen LogP contribution is 2.27. The molecule has 0 saturated carbocycles. The van der Waals surface area contributed by atoms with Crippen molar-refractivity contribution in [1.82, 2.24) is 9.97 Å². The molecule has 0 amide bonds. The Kier molecular flexibility index (Phi) is 2.07. The van der Waals surface area contributed by atoms with Crippen molar-refractivity contribution in [3.05, 3.63) is 40.1 Å². The van der Waals surface area contributed by atoms with E-state index in [1.165, 1.54) is 16.7 Å². The molecule has 80 valence electrons. The molecule has 0 spiro atoms. The van der Waals surface area contributed by atoms with Crippen LogP contribution in [0.4, 0.5) is 0 Å². The van der Waals surface area contributed by atoms with Gasteiger partial charge in [-0.3, -0.25) is 0 Å². The van der Waals surface area contributed by atoms with Crippen molar-refractivity contribution in [3.8, 4) is 11.4 Å². The number of thiophene rings is 1. The molecule has 0 radical (unpaired) electrons. The van der Waals surface area contributed by atoms with Crippen molar-refractivity contribution in [2.24, 2.45) is 0 Å². The topological polar surface area (TPSA) is 28.7 Å². The largest absolute Gasteiger partial charge is 0.338 e. The van der Waals surface area contributed by atoms with Crippen molar-refractivity contribution in [3.63, 3.8) is 0 Å². The van der Waals surface area contributed by atoms with Gasteiger partial charge in [-0.2, -0.15) is 11.3 Å². The molecule has 3 rings (SSSR count). The number of aromatic amines is 1. The average molecular weight is 228 g/mol. The average Bonchev–Trinajstić information content (AvgIpc) is 2.84. The van der Waals surface area contributed by atoms with E-state index >= 15 is 0 Å². The van der Waals surface area contributed by atoms with Crippen molar-refractivity contribution >= 4 is 22.4 Å². The fourth-order valence-electron chi connectivity index (χ4n) is 1.91. The van der Waals surface area contributed by atoms with Crippen LogP contribution in [0.5, 0.6) is 0 Å². The van der Waals surface area contributed by atoms with Crippen LogP contribution in [-0.2, 0) is 0 Å². The predicted octanol–water partition coefficient (Wildman–Crippen LogP) is 3.91. The minimum atomic E-state index is 0.975. The van der Waals surface area contributed by atoms with Crippen LogP contribution < -0.4 is 0 Å². The van der Waals surface area contributed by atoms with E-state index in [2.05, 4.69) is 52.8 Å². The molecule has 0 aliphatic carbocycles. The maximum absolute atomic E-state index is 4.67. The first-order valence-electron chi connectivity index (χ1n) is 5.24. The van der Waals surface area contributed by atoms with Gasteiger partial charge in [0.1, 0.15) is 5.82 Å². The molecule has 0 bridgehead atoms. The third-order valence-electron chi connectivity index (χ3n) is 2.83. The monoisotopic (exact) mass is 228 g/mol. The molecule has 0 aliphatic heterocycles. The van der Waals surface area contributed by atoms with Crippen LogP contribution in [0.1, 0.15) is 11.1 Å². The Morgan fingerprint density at radius 3 is 2.69 bits per heavy atom. The number of benzene rings is 1. The van der Waals surface area contributed by atoms with Crippen LogP contribution in [0.25, 0.3) is 22.4 Å². The second kappa shape index (κ2) is 3.46. The summed E-state index contributed by atoms with van der Waals surface area (Å²) in [5, 5.41) is 4.29. The zero-order valence-electron chi connectivity index (χ0n) is 9.24. The summed E-state index contributed by atoms with van der Waals surface area (Å²) >= 11 is 1.72. The van der Waals surface area contributed by atoms with Crippen LogP contribution in [0, 0.1) is 13.8 Å². The Balaban J connectivity index is 2.27. The third kappa shape index (κ3) is 1.36. The van der Waals surface area contributed by atoms with Gasteiger partial charge in [0.05, 0.1) is 11.0 Å². The van der Waals surface area contributed by atoms with Gasteiger partial charge in [0.15, 0.2) is 0 Å². The van der Waals surface area contributed by atoms with E-state index < -0.39 is 0 Å².